The molecule has 6 heteroatoms. The fourth-order valence-electron chi connectivity index (χ4n) is 4.18. The van der Waals surface area contributed by atoms with Crippen molar-refractivity contribution in [2.45, 2.75) is 20.4 Å². The van der Waals surface area contributed by atoms with Crippen LogP contribution in [0.4, 0.5) is 0 Å². The number of aromatic amines is 1. The van der Waals surface area contributed by atoms with E-state index in [2.05, 4.69) is 55.4 Å². The van der Waals surface area contributed by atoms with E-state index in [0.717, 1.165) is 78.0 Å². The zero-order valence-corrected chi connectivity index (χ0v) is 18.5. The number of pyridine rings is 2. The number of nitrogens with zero attached hydrogens (tertiary/aromatic N) is 4. The molecule has 5 rings (SSSR count). The van der Waals surface area contributed by atoms with Crippen molar-refractivity contribution >= 4 is 0 Å². The first-order valence-electron chi connectivity index (χ1n) is 11.0. The maximum absolute atomic E-state index is 5.45. The number of aryl methyl sites for hydroxylation is 2. The summed E-state index contributed by atoms with van der Waals surface area (Å²) in [5, 5.41) is 7.69. The Bertz CT molecular complexity index is 1210. The largest absolute Gasteiger partial charge is 0.379 e. The third kappa shape index (κ3) is 4.33. The molecular formula is C26H27N5O. The topological polar surface area (TPSA) is 66.9 Å². The minimum absolute atomic E-state index is 0.822. The van der Waals surface area contributed by atoms with E-state index in [0.29, 0.717) is 0 Å². The Morgan fingerprint density at radius 2 is 1.75 bits per heavy atom. The first kappa shape index (κ1) is 20.5. The summed E-state index contributed by atoms with van der Waals surface area (Å²) in [5.41, 5.74) is 9.23. The van der Waals surface area contributed by atoms with Gasteiger partial charge in [-0.25, -0.2) is 0 Å². The Hall–Kier alpha value is -3.35. The fourth-order valence-corrected chi connectivity index (χ4v) is 4.18. The summed E-state index contributed by atoms with van der Waals surface area (Å²) in [6, 6.07) is 18.9. The standard InChI is InChI=1S/C26H27N5O/c1-18-4-3-5-23(28-18)26-25(19(2)29-30-26)22-10-11-27-24(16-22)21-8-6-20(7-9-21)17-31-12-14-32-15-13-31/h3-11,16H,12-15,17H2,1-2H3,(H,29,30). The molecule has 0 unspecified atom stereocenters. The number of nitrogens with one attached hydrogen (secondary N) is 1. The molecule has 0 amide bonds. The molecule has 162 valence electrons. The SMILES string of the molecule is Cc1cccc(-c2n[nH]c(C)c2-c2ccnc(-c3ccc(CN4CCOCC4)cc3)c2)n1. The van der Waals surface area contributed by atoms with E-state index in [9.17, 15) is 0 Å². The lowest BCUT2D eigenvalue weighted by atomic mass is 9.99. The summed E-state index contributed by atoms with van der Waals surface area (Å²) in [4.78, 5) is 11.7. The van der Waals surface area contributed by atoms with Crippen LogP contribution in [0.5, 0.6) is 0 Å². The van der Waals surface area contributed by atoms with Gasteiger partial charge in [-0.15, -0.1) is 0 Å². The van der Waals surface area contributed by atoms with E-state index in [4.69, 9.17) is 4.74 Å². The van der Waals surface area contributed by atoms with Crippen LogP contribution in [0.2, 0.25) is 0 Å². The predicted molar refractivity (Wildman–Crippen MR) is 126 cm³/mol. The fraction of sp³-hybridized carbons (Fsp3) is 0.269. The molecular weight excluding hydrogens is 398 g/mol. The van der Waals surface area contributed by atoms with Crippen LogP contribution in [0.15, 0.2) is 60.8 Å². The van der Waals surface area contributed by atoms with Crippen LogP contribution in [-0.2, 0) is 11.3 Å². The molecule has 0 aliphatic carbocycles. The Labute approximate surface area is 188 Å². The normalized spacial score (nSPS) is 14.6. The van der Waals surface area contributed by atoms with Crippen LogP contribution in [0, 0.1) is 13.8 Å². The molecule has 4 heterocycles. The van der Waals surface area contributed by atoms with Gasteiger partial charge in [-0.2, -0.15) is 5.10 Å². The second-order valence-electron chi connectivity index (χ2n) is 8.25. The van der Waals surface area contributed by atoms with Crippen molar-refractivity contribution in [2.24, 2.45) is 0 Å². The third-order valence-electron chi connectivity index (χ3n) is 5.89. The van der Waals surface area contributed by atoms with E-state index in [-0.39, 0.29) is 0 Å². The molecule has 0 spiro atoms. The van der Waals surface area contributed by atoms with Crippen LogP contribution in [0.25, 0.3) is 33.8 Å². The summed E-state index contributed by atoms with van der Waals surface area (Å²) in [6.07, 6.45) is 1.87. The second-order valence-corrected chi connectivity index (χ2v) is 8.25. The number of ether oxygens (including phenoxy) is 1. The summed E-state index contributed by atoms with van der Waals surface area (Å²) < 4.78 is 5.45. The zero-order chi connectivity index (χ0) is 21.9. The molecule has 0 bridgehead atoms. The molecule has 1 saturated heterocycles. The summed E-state index contributed by atoms with van der Waals surface area (Å²) in [7, 11) is 0. The number of hydrogen-bond donors (Lipinski definition) is 1. The smallest absolute Gasteiger partial charge is 0.119 e. The van der Waals surface area contributed by atoms with Gasteiger partial charge in [0.25, 0.3) is 0 Å². The van der Waals surface area contributed by atoms with Crippen LogP contribution < -0.4 is 0 Å². The molecule has 1 aliphatic rings. The lowest BCUT2D eigenvalue weighted by Gasteiger charge is -2.26. The number of benzene rings is 1. The van der Waals surface area contributed by atoms with Crippen LogP contribution in [-0.4, -0.2) is 51.4 Å². The van der Waals surface area contributed by atoms with Crippen molar-refractivity contribution < 1.29 is 4.74 Å². The molecule has 32 heavy (non-hydrogen) atoms. The highest BCUT2D eigenvalue weighted by molar-refractivity contribution is 5.82. The molecule has 3 aromatic heterocycles. The first-order chi connectivity index (χ1) is 15.7. The van der Waals surface area contributed by atoms with Crippen molar-refractivity contribution in [3.8, 4) is 33.8 Å². The summed E-state index contributed by atoms with van der Waals surface area (Å²) >= 11 is 0. The minimum Gasteiger partial charge on any atom is -0.379 e. The van der Waals surface area contributed by atoms with Gasteiger partial charge in [-0.05, 0) is 49.2 Å². The average molecular weight is 426 g/mol. The van der Waals surface area contributed by atoms with Gasteiger partial charge in [-0.3, -0.25) is 20.0 Å². The Balaban J connectivity index is 1.43. The molecule has 0 radical (unpaired) electrons. The van der Waals surface area contributed by atoms with Crippen molar-refractivity contribution in [1.82, 2.24) is 25.1 Å². The Morgan fingerprint density at radius 1 is 0.938 bits per heavy atom. The molecule has 0 saturated carbocycles. The van der Waals surface area contributed by atoms with Gasteiger partial charge < -0.3 is 4.74 Å². The predicted octanol–water partition coefficient (Wildman–Crippen LogP) is 4.65. The van der Waals surface area contributed by atoms with Gasteiger partial charge in [-0.1, -0.05) is 30.3 Å². The minimum atomic E-state index is 0.822. The van der Waals surface area contributed by atoms with Crippen molar-refractivity contribution in [3.05, 3.63) is 77.7 Å². The van der Waals surface area contributed by atoms with E-state index >= 15 is 0 Å². The molecule has 4 aromatic rings. The molecule has 1 fully saturated rings. The summed E-state index contributed by atoms with van der Waals surface area (Å²) in [5.74, 6) is 0. The molecule has 0 atom stereocenters. The Kier molecular flexibility index (Phi) is 5.79. The third-order valence-corrected chi connectivity index (χ3v) is 5.89. The number of hydrogen-bond acceptors (Lipinski definition) is 5. The van der Waals surface area contributed by atoms with Gasteiger partial charge in [0.05, 0.1) is 24.6 Å². The van der Waals surface area contributed by atoms with Crippen molar-refractivity contribution in [3.63, 3.8) is 0 Å². The van der Waals surface area contributed by atoms with Gasteiger partial charge in [0, 0.05) is 48.3 Å². The van der Waals surface area contributed by atoms with Crippen LogP contribution >= 0.6 is 0 Å². The number of aromatic nitrogens is 4. The highest BCUT2D eigenvalue weighted by Crippen LogP contribution is 2.33. The molecule has 1 aromatic carbocycles. The van der Waals surface area contributed by atoms with Gasteiger partial charge in [0.1, 0.15) is 5.69 Å². The first-order valence-corrected chi connectivity index (χ1v) is 11.0. The van der Waals surface area contributed by atoms with E-state index in [1.54, 1.807) is 0 Å². The van der Waals surface area contributed by atoms with Crippen molar-refractivity contribution in [2.75, 3.05) is 26.3 Å². The number of H-pyrrole nitrogens is 1. The van der Waals surface area contributed by atoms with E-state index < -0.39 is 0 Å². The van der Waals surface area contributed by atoms with Gasteiger partial charge in [0.15, 0.2) is 0 Å². The van der Waals surface area contributed by atoms with E-state index in [1.807, 2.05) is 44.3 Å². The zero-order valence-electron chi connectivity index (χ0n) is 18.5. The number of morpholine rings is 1. The molecule has 6 nitrogen and oxygen atoms in total. The van der Waals surface area contributed by atoms with Gasteiger partial charge >= 0.3 is 0 Å². The highest BCUT2D eigenvalue weighted by Gasteiger charge is 2.17. The second kappa shape index (κ2) is 9.02. The average Bonchev–Trinajstić information content (AvgIpc) is 3.22. The molecule has 1 aliphatic heterocycles. The monoisotopic (exact) mass is 425 g/mol. The van der Waals surface area contributed by atoms with Gasteiger partial charge in [0.2, 0.25) is 0 Å². The maximum Gasteiger partial charge on any atom is 0.119 e. The lowest BCUT2D eigenvalue weighted by Crippen LogP contribution is -2.35. The lowest BCUT2D eigenvalue weighted by molar-refractivity contribution is 0.0342. The summed E-state index contributed by atoms with van der Waals surface area (Å²) in [6.45, 7) is 8.63. The Morgan fingerprint density at radius 3 is 2.53 bits per heavy atom. The quantitative estimate of drug-likeness (QED) is 0.504. The van der Waals surface area contributed by atoms with Crippen molar-refractivity contribution in [1.29, 1.82) is 0 Å². The molecule has 1 N–H and O–H groups in total. The van der Waals surface area contributed by atoms with Crippen LogP contribution in [0.1, 0.15) is 17.0 Å². The highest BCUT2D eigenvalue weighted by atomic mass is 16.5. The maximum atomic E-state index is 5.45. The van der Waals surface area contributed by atoms with Crippen LogP contribution in [0.3, 0.4) is 0 Å². The van der Waals surface area contributed by atoms with E-state index in [1.165, 1.54) is 5.56 Å². The number of rotatable bonds is 5.